The van der Waals surface area contributed by atoms with E-state index in [9.17, 15) is 23.5 Å². The number of rotatable bonds is 4. The average molecular weight is 492 g/mol. The number of anilines is 1. The molecule has 1 aliphatic heterocycles. The summed E-state index contributed by atoms with van der Waals surface area (Å²) in [5, 5.41) is 11.4. The molecule has 3 aromatic carbocycles. The number of hydrogen-bond donors (Lipinski definition) is 1. The van der Waals surface area contributed by atoms with E-state index in [1.54, 1.807) is 43.5 Å². The van der Waals surface area contributed by atoms with Gasteiger partial charge in [0.25, 0.3) is 11.7 Å². The molecule has 4 rings (SSSR count). The summed E-state index contributed by atoms with van der Waals surface area (Å²) in [5.41, 5.74) is 2.08. The number of halogens is 2. The molecule has 0 saturated carbocycles. The zero-order chi connectivity index (χ0) is 26.4. The molecule has 0 radical (unpaired) electrons. The quantitative estimate of drug-likeness (QED) is 0.268. The van der Waals surface area contributed by atoms with Gasteiger partial charge in [0.05, 0.1) is 18.7 Å². The van der Waals surface area contributed by atoms with Crippen molar-refractivity contribution >= 4 is 23.1 Å². The van der Waals surface area contributed by atoms with Gasteiger partial charge in [-0.1, -0.05) is 50.6 Å². The van der Waals surface area contributed by atoms with Crippen LogP contribution in [0.5, 0.6) is 5.75 Å². The summed E-state index contributed by atoms with van der Waals surface area (Å²) in [6.45, 7) is 7.82. The van der Waals surface area contributed by atoms with Gasteiger partial charge in [-0.15, -0.1) is 0 Å². The number of benzene rings is 3. The van der Waals surface area contributed by atoms with Crippen LogP contribution in [-0.4, -0.2) is 23.9 Å². The highest BCUT2D eigenvalue weighted by molar-refractivity contribution is 6.51. The molecule has 36 heavy (non-hydrogen) atoms. The van der Waals surface area contributed by atoms with E-state index in [2.05, 4.69) is 0 Å². The Morgan fingerprint density at radius 1 is 0.972 bits per heavy atom. The number of Topliss-reactive ketones (excluding diaryl/α,β-unsaturated/α-hetero) is 1. The van der Waals surface area contributed by atoms with Crippen molar-refractivity contribution in [1.29, 1.82) is 0 Å². The summed E-state index contributed by atoms with van der Waals surface area (Å²) < 4.78 is 33.3. The number of ether oxygens (including phenoxy) is 1. The van der Waals surface area contributed by atoms with E-state index in [-0.39, 0.29) is 22.4 Å². The normalized spacial score (nSPS) is 17.5. The van der Waals surface area contributed by atoms with Crippen LogP contribution in [0.3, 0.4) is 0 Å². The Labute approximate surface area is 208 Å². The molecule has 186 valence electrons. The monoisotopic (exact) mass is 491 g/mol. The Balaban J connectivity index is 1.98. The summed E-state index contributed by atoms with van der Waals surface area (Å²) in [6.07, 6.45) is 0. The van der Waals surface area contributed by atoms with Crippen LogP contribution in [0.2, 0.25) is 0 Å². The van der Waals surface area contributed by atoms with Gasteiger partial charge in [-0.25, -0.2) is 8.78 Å². The molecule has 1 atom stereocenters. The number of methoxy groups -OCH3 is 1. The summed E-state index contributed by atoms with van der Waals surface area (Å²) in [6, 6.07) is 14.1. The van der Waals surface area contributed by atoms with Gasteiger partial charge in [0.1, 0.15) is 11.5 Å². The molecule has 1 saturated heterocycles. The summed E-state index contributed by atoms with van der Waals surface area (Å²) in [7, 11) is 1.55. The number of ketones is 1. The van der Waals surface area contributed by atoms with Gasteiger partial charge < -0.3 is 9.84 Å². The van der Waals surface area contributed by atoms with Crippen LogP contribution in [0.15, 0.2) is 66.2 Å². The van der Waals surface area contributed by atoms with E-state index in [1.165, 1.54) is 6.07 Å². The van der Waals surface area contributed by atoms with Crippen molar-refractivity contribution in [1.82, 2.24) is 0 Å². The molecule has 5 nitrogen and oxygen atoms in total. The summed E-state index contributed by atoms with van der Waals surface area (Å²) in [4.78, 5) is 27.7. The fourth-order valence-corrected chi connectivity index (χ4v) is 4.49. The topological polar surface area (TPSA) is 66.8 Å². The van der Waals surface area contributed by atoms with Crippen LogP contribution in [-0.2, 0) is 15.0 Å². The first-order valence-electron chi connectivity index (χ1n) is 11.5. The second kappa shape index (κ2) is 9.22. The number of hydrogen-bond acceptors (Lipinski definition) is 4. The van der Waals surface area contributed by atoms with Crippen LogP contribution in [0.4, 0.5) is 14.5 Å². The van der Waals surface area contributed by atoms with Crippen LogP contribution in [0, 0.1) is 18.6 Å². The van der Waals surface area contributed by atoms with E-state index in [1.807, 2.05) is 33.8 Å². The molecular weight excluding hydrogens is 464 g/mol. The number of carbonyl (C=O) groups excluding carboxylic acids is 2. The van der Waals surface area contributed by atoms with Gasteiger partial charge >= 0.3 is 0 Å². The third-order valence-electron chi connectivity index (χ3n) is 6.26. The predicted molar refractivity (Wildman–Crippen MR) is 134 cm³/mol. The molecule has 1 heterocycles. The molecule has 1 aliphatic rings. The fourth-order valence-electron chi connectivity index (χ4n) is 4.49. The molecule has 0 bridgehead atoms. The Morgan fingerprint density at radius 3 is 2.31 bits per heavy atom. The molecule has 1 fully saturated rings. The largest absolute Gasteiger partial charge is 0.507 e. The van der Waals surface area contributed by atoms with Gasteiger partial charge in [-0.2, -0.15) is 0 Å². The molecule has 1 N–H and O–H groups in total. The van der Waals surface area contributed by atoms with Crippen molar-refractivity contribution in [3.8, 4) is 5.75 Å². The van der Waals surface area contributed by atoms with E-state index in [0.29, 0.717) is 16.9 Å². The lowest BCUT2D eigenvalue weighted by Crippen LogP contribution is -2.29. The van der Waals surface area contributed by atoms with Crippen LogP contribution in [0.1, 0.15) is 49.1 Å². The number of aliphatic hydroxyl groups is 1. The number of nitrogens with zero attached hydrogens (tertiary/aromatic N) is 1. The predicted octanol–water partition coefficient (Wildman–Crippen LogP) is 6.21. The lowest BCUT2D eigenvalue weighted by molar-refractivity contribution is -0.132. The highest BCUT2D eigenvalue weighted by Crippen LogP contribution is 2.43. The van der Waals surface area contributed by atoms with Gasteiger partial charge in [0, 0.05) is 22.9 Å². The van der Waals surface area contributed by atoms with Gasteiger partial charge in [0.2, 0.25) is 0 Å². The van der Waals surface area contributed by atoms with Crippen molar-refractivity contribution in [2.45, 2.75) is 39.2 Å². The minimum absolute atomic E-state index is 0.00617. The van der Waals surface area contributed by atoms with E-state index in [0.717, 1.165) is 28.2 Å². The summed E-state index contributed by atoms with van der Waals surface area (Å²) in [5.74, 6) is -3.83. The second-order valence-electron chi connectivity index (χ2n) is 9.85. The standard InChI is InChI=1S/C29H27F2NO4/c1-16-7-6-8-17(13-16)25-24(26(33)18-9-12-23(36-5)20(14-18)29(2,3)4)27(34)28(35)32(25)19-10-11-21(30)22(31)15-19/h6-15,25,33H,1-5H3/b26-24-. The number of aliphatic hydroxyl groups excluding tert-OH is 1. The first-order chi connectivity index (χ1) is 16.9. The molecule has 7 heteroatoms. The van der Waals surface area contributed by atoms with Crippen molar-refractivity contribution in [3.63, 3.8) is 0 Å². The maximum atomic E-state index is 14.1. The minimum Gasteiger partial charge on any atom is -0.507 e. The summed E-state index contributed by atoms with van der Waals surface area (Å²) >= 11 is 0. The van der Waals surface area contributed by atoms with Crippen LogP contribution < -0.4 is 9.64 Å². The third-order valence-corrected chi connectivity index (χ3v) is 6.26. The number of aryl methyl sites for hydroxylation is 1. The average Bonchev–Trinajstić information content (AvgIpc) is 3.10. The lowest BCUT2D eigenvalue weighted by Gasteiger charge is -2.26. The first-order valence-corrected chi connectivity index (χ1v) is 11.5. The Bertz CT molecular complexity index is 1400. The Morgan fingerprint density at radius 2 is 1.69 bits per heavy atom. The maximum absolute atomic E-state index is 14.1. The molecule has 3 aromatic rings. The van der Waals surface area contributed by atoms with E-state index >= 15 is 0 Å². The first kappa shape index (κ1) is 25.1. The van der Waals surface area contributed by atoms with Crippen molar-refractivity contribution in [2.24, 2.45) is 0 Å². The van der Waals surface area contributed by atoms with Gasteiger partial charge in [-0.05, 0) is 48.2 Å². The van der Waals surface area contributed by atoms with Gasteiger partial charge in [-0.3, -0.25) is 14.5 Å². The number of amides is 1. The molecule has 0 aliphatic carbocycles. The fraction of sp³-hybridized carbons (Fsp3) is 0.241. The highest BCUT2D eigenvalue weighted by atomic mass is 19.2. The lowest BCUT2D eigenvalue weighted by atomic mass is 9.84. The highest BCUT2D eigenvalue weighted by Gasteiger charge is 2.47. The van der Waals surface area contributed by atoms with E-state index < -0.39 is 29.4 Å². The molecule has 1 amide bonds. The smallest absolute Gasteiger partial charge is 0.300 e. The third kappa shape index (κ3) is 4.37. The minimum atomic E-state index is -1.15. The zero-order valence-electron chi connectivity index (χ0n) is 20.7. The van der Waals surface area contributed by atoms with Crippen molar-refractivity contribution in [2.75, 3.05) is 12.0 Å². The Hall–Kier alpha value is -4.00. The zero-order valence-corrected chi connectivity index (χ0v) is 20.7. The van der Waals surface area contributed by atoms with Crippen LogP contribution >= 0.6 is 0 Å². The van der Waals surface area contributed by atoms with Crippen molar-refractivity contribution < 1.29 is 28.2 Å². The molecular formula is C29H27F2NO4. The number of carbonyl (C=O) groups is 2. The Kier molecular flexibility index (Phi) is 6.43. The second-order valence-corrected chi connectivity index (χ2v) is 9.85. The van der Waals surface area contributed by atoms with Gasteiger partial charge in [0.15, 0.2) is 11.6 Å². The molecule has 0 spiro atoms. The molecule has 0 aromatic heterocycles. The maximum Gasteiger partial charge on any atom is 0.300 e. The SMILES string of the molecule is COc1ccc(/C(O)=C2/C(=O)C(=O)N(c3ccc(F)c(F)c3)C2c2cccc(C)c2)cc1C(C)(C)C. The van der Waals surface area contributed by atoms with E-state index in [4.69, 9.17) is 4.74 Å². The van der Waals surface area contributed by atoms with Crippen molar-refractivity contribution in [3.05, 3.63) is 100 Å². The molecule has 1 unspecified atom stereocenters. The van der Waals surface area contributed by atoms with Crippen LogP contribution in [0.25, 0.3) is 5.76 Å².